The molecule has 0 fully saturated rings. The molecule has 0 amide bonds. The van der Waals surface area contributed by atoms with Crippen molar-refractivity contribution in [3.8, 4) is 0 Å². The highest BCUT2D eigenvalue weighted by Gasteiger charge is 1.82. The summed E-state index contributed by atoms with van der Waals surface area (Å²) in [6.45, 7) is 6.03. The van der Waals surface area contributed by atoms with Crippen LogP contribution in [0.2, 0.25) is 0 Å². The van der Waals surface area contributed by atoms with Gasteiger partial charge in [0.05, 0.1) is 0 Å². The van der Waals surface area contributed by atoms with Crippen LogP contribution in [0.5, 0.6) is 0 Å². The lowest BCUT2D eigenvalue weighted by Crippen LogP contribution is -1.72. The lowest BCUT2D eigenvalue weighted by Gasteiger charge is -1.92. The average Bonchev–Trinajstić information content (AvgIpc) is 2.26. The van der Waals surface area contributed by atoms with Crippen LogP contribution in [0.3, 0.4) is 0 Å². The Hall–Kier alpha value is -0.780. The van der Waals surface area contributed by atoms with Gasteiger partial charge in [-0.15, -0.1) is 0 Å². The van der Waals surface area contributed by atoms with Crippen LogP contribution < -0.4 is 0 Å². The summed E-state index contributed by atoms with van der Waals surface area (Å²) >= 11 is 0. The Balaban J connectivity index is 3.29. The van der Waals surface area contributed by atoms with Gasteiger partial charge in [0.25, 0.3) is 0 Å². The highest BCUT2D eigenvalue weighted by molar-refractivity contribution is 5.10. The molecule has 0 spiro atoms. The van der Waals surface area contributed by atoms with Crippen molar-refractivity contribution in [1.82, 2.24) is 0 Å². The molecule has 0 atom stereocenters. The molecule has 0 aliphatic heterocycles. The monoisotopic (exact) mass is 205 g/mol. The summed E-state index contributed by atoms with van der Waals surface area (Å²) in [6, 6.07) is 0. The third-order valence-electron chi connectivity index (χ3n) is 2.20. The van der Waals surface area contributed by atoms with Gasteiger partial charge in [0.1, 0.15) is 0 Å². The molecule has 0 saturated heterocycles. The maximum atomic E-state index is 3.78. The molecule has 0 N–H and O–H groups in total. The summed E-state index contributed by atoms with van der Waals surface area (Å²) < 4.78 is 0. The van der Waals surface area contributed by atoms with Crippen LogP contribution in [-0.2, 0) is 0 Å². The summed E-state index contributed by atoms with van der Waals surface area (Å²) in [4.78, 5) is 0. The van der Waals surface area contributed by atoms with Gasteiger partial charge in [-0.05, 0) is 25.7 Å². The van der Waals surface area contributed by atoms with Gasteiger partial charge in [0.2, 0.25) is 0 Å². The molecule has 0 aromatic heterocycles. The Morgan fingerprint density at radius 1 is 0.800 bits per heavy atom. The van der Waals surface area contributed by atoms with Crippen molar-refractivity contribution >= 4 is 0 Å². The second-order valence-electron chi connectivity index (χ2n) is 3.73. The highest BCUT2D eigenvalue weighted by Crippen LogP contribution is 2.02. The van der Waals surface area contributed by atoms with Gasteiger partial charge in [-0.25, -0.2) is 0 Å². The van der Waals surface area contributed by atoms with Gasteiger partial charge in [0, 0.05) is 0 Å². The van der Waals surface area contributed by atoms with Crippen molar-refractivity contribution in [2.45, 2.75) is 51.9 Å². The molecule has 0 aromatic rings. The van der Waals surface area contributed by atoms with Crippen molar-refractivity contribution in [2.75, 3.05) is 0 Å². The fourth-order valence-electron chi connectivity index (χ4n) is 1.28. The normalized spacial score (nSPS) is 12.4. The van der Waals surface area contributed by atoms with E-state index in [0.29, 0.717) is 0 Å². The molecule has 1 radical (unpaired) electrons. The van der Waals surface area contributed by atoms with Crippen LogP contribution in [0.4, 0.5) is 0 Å². The van der Waals surface area contributed by atoms with E-state index in [1.54, 1.807) is 0 Å². The molecule has 15 heavy (non-hydrogen) atoms. The quantitative estimate of drug-likeness (QED) is 0.357. The summed E-state index contributed by atoms with van der Waals surface area (Å²) in [7, 11) is 0. The van der Waals surface area contributed by atoms with Crippen LogP contribution in [0.15, 0.2) is 36.5 Å². The maximum absolute atomic E-state index is 3.78. The molecule has 0 nitrogen and oxygen atoms in total. The minimum absolute atomic E-state index is 0.984. The summed E-state index contributed by atoms with van der Waals surface area (Å²) in [5.74, 6) is 0. The molecule has 0 heteroatoms. The number of rotatable bonds is 9. The lowest BCUT2D eigenvalue weighted by molar-refractivity contribution is 0.674. The smallest absolute Gasteiger partial charge is 0.0348 e. The Bertz CT molecular complexity index is 184. The maximum Gasteiger partial charge on any atom is -0.0348 e. The van der Waals surface area contributed by atoms with E-state index in [0.717, 1.165) is 12.8 Å². The Labute approximate surface area is 95.8 Å². The zero-order valence-corrected chi connectivity index (χ0v) is 10.1. The predicted molar refractivity (Wildman–Crippen MR) is 70.8 cm³/mol. The van der Waals surface area contributed by atoms with Crippen molar-refractivity contribution < 1.29 is 0 Å². The van der Waals surface area contributed by atoms with Crippen LogP contribution >= 0.6 is 0 Å². The van der Waals surface area contributed by atoms with Crippen LogP contribution in [0.25, 0.3) is 0 Å². The van der Waals surface area contributed by atoms with E-state index < -0.39 is 0 Å². The Morgan fingerprint density at radius 3 is 2.07 bits per heavy atom. The van der Waals surface area contributed by atoms with Gasteiger partial charge in [0.15, 0.2) is 0 Å². The molecule has 0 aromatic carbocycles. The van der Waals surface area contributed by atoms with Crippen LogP contribution in [0.1, 0.15) is 51.9 Å². The molecule has 0 bridgehead atoms. The zero-order chi connectivity index (χ0) is 11.2. The second-order valence-corrected chi connectivity index (χ2v) is 3.73. The average molecular weight is 205 g/mol. The van der Waals surface area contributed by atoms with E-state index in [9.17, 15) is 0 Å². The van der Waals surface area contributed by atoms with E-state index >= 15 is 0 Å². The van der Waals surface area contributed by atoms with Crippen LogP contribution in [-0.4, -0.2) is 0 Å². The first-order chi connectivity index (χ1) is 7.41. The molecular weight excluding hydrogens is 180 g/mol. The van der Waals surface area contributed by atoms with Gasteiger partial charge >= 0.3 is 0 Å². The molecule has 0 aliphatic carbocycles. The summed E-state index contributed by atoms with van der Waals surface area (Å²) in [6.07, 6.45) is 21.5. The Kier molecular flexibility index (Phi) is 12.5. The third-order valence-corrected chi connectivity index (χ3v) is 2.20. The molecule has 0 aliphatic rings. The Morgan fingerprint density at radius 2 is 1.47 bits per heavy atom. The van der Waals surface area contributed by atoms with Gasteiger partial charge in [-0.1, -0.05) is 69.6 Å². The number of unbranched alkanes of at least 4 members (excludes halogenated alkanes) is 5. The second kappa shape index (κ2) is 13.2. The third kappa shape index (κ3) is 13.2. The predicted octanol–water partition coefficient (Wildman–Crippen LogP) is 5.24. The van der Waals surface area contributed by atoms with Crippen LogP contribution in [0, 0.1) is 6.92 Å². The van der Waals surface area contributed by atoms with Gasteiger partial charge in [-0.2, -0.15) is 0 Å². The summed E-state index contributed by atoms with van der Waals surface area (Å²) in [5, 5.41) is 0. The van der Waals surface area contributed by atoms with E-state index in [1.807, 2.05) is 0 Å². The minimum Gasteiger partial charge on any atom is -0.0845 e. The van der Waals surface area contributed by atoms with Crippen molar-refractivity contribution in [2.24, 2.45) is 0 Å². The molecule has 0 rings (SSSR count). The van der Waals surface area contributed by atoms with E-state index in [4.69, 9.17) is 0 Å². The van der Waals surface area contributed by atoms with Gasteiger partial charge < -0.3 is 0 Å². The SMILES string of the molecule is [CH2]CC/C=C/C=C/C=C/CCCCCC. The topological polar surface area (TPSA) is 0 Å². The van der Waals surface area contributed by atoms with Crippen molar-refractivity contribution in [3.63, 3.8) is 0 Å². The first-order valence-corrected chi connectivity index (χ1v) is 6.19. The zero-order valence-electron chi connectivity index (χ0n) is 10.1. The largest absolute Gasteiger partial charge is 0.0845 e. The molecular formula is C15H25. The summed E-state index contributed by atoms with van der Waals surface area (Å²) in [5.41, 5.74) is 0. The first kappa shape index (κ1) is 14.2. The van der Waals surface area contributed by atoms with E-state index in [2.05, 4.69) is 50.3 Å². The standard InChI is InChI=1S/C15H25/c1-3-5-7-9-11-13-15-14-12-10-8-6-4-2/h7,9,11,13-15H,1,3-6,8,10,12H2,2H3/b9-7+,13-11+,15-14+. The van der Waals surface area contributed by atoms with E-state index in [-0.39, 0.29) is 0 Å². The van der Waals surface area contributed by atoms with Gasteiger partial charge in [-0.3, -0.25) is 0 Å². The molecule has 85 valence electrons. The lowest BCUT2D eigenvalue weighted by atomic mass is 10.1. The number of hydrogen-bond acceptors (Lipinski definition) is 0. The number of hydrogen-bond donors (Lipinski definition) is 0. The first-order valence-electron chi connectivity index (χ1n) is 6.19. The van der Waals surface area contributed by atoms with Crippen molar-refractivity contribution in [1.29, 1.82) is 0 Å². The molecule has 0 unspecified atom stereocenters. The highest BCUT2D eigenvalue weighted by atomic mass is 13.9. The number of allylic oxidation sites excluding steroid dienone is 6. The molecule has 0 heterocycles. The fraction of sp³-hybridized carbons (Fsp3) is 0.533. The van der Waals surface area contributed by atoms with E-state index in [1.165, 1.54) is 32.1 Å². The fourth-order valence-corrected chi connectivity index (χ4v) is 1.28. The minimum atomic E-state index is 0.984. The van der Waals surface area contributed by atoms with Crippen molar-refractivity contribution in [3.05, 3.63) is 43.4 Å². The molecule has 0 saturated carbocycles.